The predicted molar refractivity (Wildman–Crippen MR) is 79.3 cm³/mol. The fourth-order valence-electron chi connectivity index (χ4n) is 3.98. The van der Waals surface area contributed by atoms with Crippen LogP contribution in [0.15, 0.2) is 22.7 Å². The van der Waals surface area contributed by atoms with Gasteiger partial charge in [0, 0.05) is 4.47 Å². The third kappa shape index (κ3) is 2.68. The number of aliphatic hydroxyl groups excluding tert-OH is 1. The van der Waals surface area contributed by atoms with Crippen LogP contribution in [-0.2, 0) is 6.42 Å². The van der Waals surface area contributed by atoms with Gasteiger partial charge in [0.1, 0.15) is 5.75 Å². The summed E-state index contributed by atoms with van der Waals surface area (Å²) in [7, 11) is 1.68. The maximum atomic E-state index is 10.6. The Hall–Kier alpha value is -0.540. The Labute approximate surface area is 123 Å². The molecule has 19 heavy (non-hydrogen) atoms. The van der Waals surface area contributed by atoms with Crippen molar-refractivity contribution in [3.8, 4) is 5.75 Å². The van der Waals surface area contributed by atoms with Gasteiger partial charge in [-0.25, -0.2) is 0 Å². The molecule has 0 aliphatic heterocycles. The molecule has 1 N–H and O–H groups in total. The van der Waals surface area contributed by atoms with E-state index in [4.69, 9.17) is 4.74 Å². The van der Waals surface area contributed by atoms with E-state index < -0.39 is 0 Å². The Balaban J connectivity index is 1.70. The summed E-state index contributed by atoms with van der Waals surface area (Å²) in [5.74, 6) is 3.03. The molecule has 2 bridgehead atoms. The first-order valence-electron chi connectivity index (χ1n) is 7.18. The molecule has 4 atom stereocenters. The highest BCUT2D eigenvalue weighted by molar-refractivity contribution is 9.10. The second kappa shape index (κ2) is 5.45. The molecule has 1 aromatic carbocycles. The van der Waals surface area contributed by atoms with Crippen molar-refractivity contribution in [3.63, 3.8) is 0 Å². The highest BCUT2D eigenvalue weighted by atomic mass is 79.9. The van der Waals surface area contributed by atoms with Gasteiger partial charge in [0.2, 0.25) is 0 Å². The van der Waals surface area contributed by atoms with Gasteiger partial charge in [0.05, 0.1) is 13.2 Å². The van der Waals surface area contributed by atoms with Crippen LogP contribution in [-0.4, -0.2) is 18.3 Å². The number of halogens is 1. The van der Waals surface area contributed by atoms with E-state index in [2.05, 4.69) is 15.9 Å². The van der Waals surface area contributed by atoms with Crippen molar-refractivity contribution in [1.29, 1.82) is 0 Å². The van der Waals surface area contributed by atoms with Crippen LogP contribution in [0.2, 0.25) is 0 Å². The summed E-state index contributed by atoms with van der Waals surface area (Å²) in [4.78, 5) is 0. The number of benzene rings is 1. The van der Waals surface area contributed by atoms with E-state index in [1.54, 1.807) is 7.11 Å². The van der Waals surface area contributed by atoms with Crippen molar-refractivity contribution in [2.24, 2.45) is 17.8 Å². The van der Waals surface area contributed by atoms with E-state index in [-0.39, 0.29) is 6.10 Å². The number of aliphatic hydroxyl groups is 1. The van der Waals surface area contributed by atoms with E-state index >= 15 is 0 Å². The molecule has 2 saturated carbocycles. The van der Waals surface area contributed by atoms with Crippen LogP contribution in [0.1, 0.15) is 31.2 Å². The van der Waals surface area contributed by atoms with Crippen molar-refractivity contribution >= 4 is 15.9 Å². The lowest BCUT2D eigenvalue weighted by Crippen LogP contribution is -2.27. The standard InChI is InChI=1S/C16H21BrO2/c1-19-13-4-5-15(17)12(8-13)9-16(18)14-7-10-2-3-11(14)6-10/h4-5,8,10-11,14,16,18H,2-3,6-7,9H2,1H3. The molecule has 104 valence electrons. The van der Waals surface area contributed by atoms with Crippen molar-refractivity contribution in [2.75, 3.05) is 7.11 Å². The first kappa shape index (κ1) is 13.4. The van der Waals surface area contributed by atoms with Gasteiger partial charge in [-0.05, 0) is 67.2 Å². The van der Waals surface area contributed by atoms with Crippen LogP contribution < -0.4 is 4.74 Å². The summed E-state index contributed by atoms with van der Waals surface area (Å²) >= 11 is 3.57. The zero-order valence-corrected chi connectivity index (χ0v) is 12.9. The lowest BCUT2D eigenvalue weighted by Gasteiger charge is -2.27. The SMILES string of the molecule is COc1ccc(Br)c(CC(O)C2CC3CCC2C3)c1. The lowest BCUT2D eigenvalue weighted by molar-refractivity contribution is 0.0749. The van der Waals surface area contributed by atoms with Crippen LogP contribution in [0.3, 0.4) is 0 Å². The quantitative estimate of drug-likeness (QED) is 0.912. The minimum absolute atomic E-state index is 0.210. The van der Waals surface area contributed by atoms with Gasteiger partial charge in [0.15, 0.2) is 0 Å². The van der Waals surface area contributed by atoms with Gasteiger partial charge >= 0.3 is 0 Å². The molecule has 0 saturated heterocycles. The Morgan fingerprint density at radius 2 is 2.21 bits per heavy atom. The average Bonchev–Trinajstić information content (AvgIpc) is 3.03. The summed E-state index contributed by atoms with van der Waals surface area (Å²) < 4.78 is 6.33. The average molecular weight is 325 g/mol. The van der Waals surface area contributed by atoms with E-state index in [9.17, 15) is 5.11 Å². The lowest BCUT2D eigenvalue weighted by atomic mass is 9.82. The molecule has 0 heterocycles. The molecule has 4 unspecified atom stereocenters. The fourth-order valence-corrected chi connectivity index (χ4v) is 4.38. The second-order valence-electron chi connectivity index (χ2n) is 6.07. The van der Waals surface area contributed by atoms with E-state index in [1.807, 2.05) is 18.2 Å². The number of ether oxygens (including phenoxy) is 1. The Kier molecular flexibility index (Phi) is 3.86. The van der Waals surface area contributed by atoms with Gasteiger partial charge in [-0.15, -0.1) is 0 Å². The molecular weight excluding hydrogens is 304 g/mol. The van der Waals surface area contributed by atoms with Crippen LogP contribution in [0.4, 0.5) is 0 Å². The van der Waals surface area contributed by atoms with Crippen LogP contribution in [0.5, 0.6) is 5.75 Å². The molecule has 2 aliphatic carbocycles. The highest BCUT2D eigenvalue weighted by Gasteiger charge is 2.42. The van der Waals surface area contributed by atoms with Crippen LogP contribution in [0.25, 0.3) is 0 Å². The normalized spacial score (nSPS) is 30.6. The Morgan fingerprint density at radius 3 is 2.84 bits per heavy atom. The molecule has 3 rings (SSSR count). The Bertz CT molecular complexity index is 460. The van der Waals surface area contributed by atoms with Crippen molar-refractivity contribution in [2.45, 2.75) is 38.2 Å². The van der Waals surface area contributed by atoms with E-state index in [0.717, 1.165) is 34.0 Å². The number of rotatable bonds is 4. The highest BCUT2D eigenvalue weighted by Crippen LogP contribution is 2.50. The van der Waals surface area contributed by atoms with E-state index in [1.165, 1.54) is 25.7 Å². The smallest absolute Gasteiger partial charge is 0.119 e. The molecule has 1 aromatic rings. The van der Waals surface area contributed by atoms with Gasteiger partial charge in [-0.1, -0.05) is 22.4 Å². The van der Waals surface area contributed by atoms with Crippen molar-refractivity contribution in [1.82, 2.24) is 0 Å². The summed E-state index contributed by atoms with van der Waals surface area (Å²) in [6.07, 6.45) is 5.81. The molecule has 2 aliphatic rings. The van der Waals surface area contributed by atoms with Crippen LogP contribution in [0, 0.1) is 17.8 Å². The topological polar surface area (TPSA) is 29.5 Å². The first-order chi connectivity index (χ1) is 9.17. The summed E-state index contributed by atoms with van der Waals surface area (Å²) in [5, 5.41) is 10.6. The predicted octanol–water partition coefficient (Wildman–Crippen LogP) is 3.80. The zero-order valence-electron chi connectivity index (χ0n) is 11.3. The monoisotopic (exact) mass is 324 g/mol. The molecule has 0 aromatic heterocycles. The summed E-state index contributed by atoms with van der Waals surface area (Å²) in [6, 6.07) is 5.97. The largest absolute Gasteiger partial charge is 0.497 e. The molecule has 2 fully saturated rings. The molecule has 0 radical (unpaired) electrons. The first-order valence-corrected chi connectivity index (χ1v) is 7.97. The van der Waals surface area contributed by atoms with Crippen LogP contribution >= 0.6 is 15.9 Å². The summed E-state index contributed by atoms with van der Waals surface area (Å²) in [6.45, 7) is 0. The molecule has 2 nitrogen and oxygen atoms in total. The van der Waals surface area contributed by atoms with Gasteiger partial charge < -0.3 is 9.84 Å². The minimum Gasteiger partial charge on any atom is -0.497 e. The summed E-state index contributed by atoms with van der Waals surface area (Å²) in [5.41, 5.74) is 1.15. The maximum absolute atomic E-state index is 10.6. The third-order valence-electron chi connectivity index (χ3n) is 4.97. The minimum atomic E-state index is -0.210. The van der Waals surface area contributed by atoms with Gasteiger partial charge in [0.25, 0.3) is 0 Å². The van der Waals surface area contributed by atoms with Gasteiger partial charge in [-0.2, -0.15) is 0 Å². The molecule has 0 amide bonds. The number of hydrogen-bond acceptors (Lipinski definition) is 2. The zero-order chi connectivity index (χ0) is 13.4. The molecular formula is C16H21BrO2. The Morgan fingerprint density at radius 1 is 1.37 bits per heavy atom. The van der Waals surface area contributed by atoms with Gasteiger partial charge in [-0.3, -0.25) is 0 Å². The third-order valence-corrected chi connectivity index (χ3v) is 5.74. The second-order valence-corrected chi connectivity index (χ2v) is 6.92. The van der Waals surface area contributed by atoms with Crippen molar-refractivity contribution < 1.29 is 9.84 Å². The van der Waals surface area contributed by atoms with E-state index in [0.29, 0.717) is 5.92 Å². The fraction of sp³-hybridized carbons (Fsp3) is 0.625. The molecule has 3 heteroatoms. The van der Waals surface area contributed by atoms with Crippen molar-refractivity contribution in [3.05, 3.63) is 28.2 Å². The number of methoxy groups -OCH3 is 1. The maximum Gasteiger partial charge on any atom is 0.119 e. The number of hydrogen-bond donors (Lipinski definition) is 1. The molecule has 0 spiro atoms. The number of fused-ring (bicyclic) bond motifs is 2.